The Hall–Kier alpha value is -1.53. The Labute approximate surface area is 149 Å². The van der Waals surface area contributed by atoms with Crippen LogP contribution in [0.1, 0.15) is 40.0 Å². The molecule has 6 heteroatoms. The van der Waals surface area contributed by atoms with Crippen LogP contribution in [0.3, 0.4) is 0 Å². The lowest BCUT2D eigenvalue weighted by atomic mass is 10.2. The van der Waals surface area contributed by atoms with Crippen molar-refractivity contribution in [2.45, 2.75) is 51.0 Å². The molecule has 1 unspecified atom stereocenters. The lowest BCUT2D eigenvalue weighted by molar-refractivity contribution is -0.118. The second-order valence-electron chi connectivity index (χ2n) is 5.88. The molecule has 1 aromatic carbocycles. The summed E-state index contributed by atoms with van der Waals surface area (Å²) in [5.74, 6) is -0.204. The average Bonchev–Trinajstić information content (AvgIpc) is 2.56. The summed E-state index contributed by atoms with van der Waals surface area (Å²) in [4.78, 5) is 26.5. The van der Waals surface area contributed by atoms with Crippen molar-refractivity contribution in [1.29, 1.82) is 0 Å². The molecule has 0 aliphatic rings. The van der Waals surface area contributed by atoms with Crippen LogP contribution >= 0.6 is 11.8 Å². The van der Waals surface area contributed by atoms with E-state index in [-0.39, 0.29) is 17.6 Å². The molecule has 1 rings (SSSR count). The highest BCUT2D eigenvalue weighted by atomic mass is 32.2. The van der Waals surface area contributed by atoms with Gasteiger partial charge in [0.2, 0.25) is 11.8 Å². The number of hydrogen-bond donors (Lipinski definition) is 2. The molecule has 0 aromatic heterocycles. The highest BCUT2D eigenvalue weighted by Crippen LogP contribution is 2.26. The van der Waals surface area contributed by atoms with Crippen LogP contribution < -0.4 is 11.1 Å². The maximum Gasteiger partial charge on any atom is 0.238 e. The first kappa shape index (κ1) is 20.5. The Kier molecular flexibility index (Phi) is 9.49. The summed E-state index contributed by atoms with van der Waals surface area (Å²) in [7, 11) is 0. The number of rotatable bonds is 11. The standard InChI is InChI=1S/C18H29N3O2S/c1-4-6-11-21(14(3)5-2)12-18(23)20-15-9-7-8-10-16(15)24-13-17(19)22/h7-10,14H,4-6,11-13H2,1-3H3,(H2,19,22)(H,20,23). The molecule has 0 fully saturated rings. The molecule has 0 radical (unpaired) electrons. The minimum atomic E-state index is -0.372. The van der Waals surface area contributed by atoms with Crippen LogP contribution in [0.2, 0.25) is 0 Å². The van der Waals surface area contributed by atoms with Crippen molar-refractivity contribution in [1.82, 2.24) is 4.90 Å². The Balaban J connectivity index is 2.70. The molecule has 1 atom stereocenters. The average molecular weight is 352 g/mol. The largest absolute Gasteiger partial charge is 0.369 e. The monoisotopic (exact) mass is 351 g/mol. The van der Waals surface area contributed by atoms with Crippen LogP contribution in [0.15, 0.2) is 29.2 Å². The first-order valence-corrected chi connectivity index (χ1v) is 9.50. The van der Waals surface area contributed by atoms with E-state index < -0.39 is 0 Å². The van der Waals surface area contributed by atoms with Gasteiger partial charge in [0, 0.05) is 10.9 Å². The van der Waals surface area contributed by atoms with Crippen molar-refractivity contribution in [3.8, 4) is 0 Å². The molecule has 0 aliphatic carbocycles. The Bertz CT molecular complexity index is 537. The molecule has 5 nitrogen and oxygen atoms in total. The zero-order valence-electron chi connectivity index (χ0n) is 14.9. The lowest BCUT2D eigenvalue weighted by Gasteiger charge is -2.27. The van der Waals surface area contributed by atoms with Gasteiger partial charge in [-0.05, 0) is 38.4 Å². The van der Waals surface area contributed by atoms with Crippen LogP contribution in [0.4, 0.5) is 5.69 Å². The first-order valence-electron chi connectivity index (χ1n) is 8.51. The summed E-state index contributed by atoms with van der Waals surface area (Å²) < 4.78 is 0. The van der Waals surface area contributed by atoms with Crippen molar-refractivity contribution in [2.75, 3.05) is 24.2 Å². The SMILES string of the molecule is CCCCN(CC(=O)Nc1ccccc1SCC(N)=O)C(C)CC. The maximum absolute atomic E-state index is 12.4. The van der Waals surface area contributed by atoms with E-state index in [2.05, 4.69) is 31.0 Å². The van der Waals surface area contributed by atoms with E-state index >= 15 is 0 Å². The summed E-state index contributed by atoms with van der Waals surface area (Å²) in [6.07, 6.45) is 3.21. The highest BCUT2D eigenvalue weighted by molar-refractivity contribution is 8.00. The normalized spacial score (nSPS) is 12.2. The molecule has 2 amide bonds. The molecule has 1 aromatic rings. The van der Waals surface area contributed by atoms with Gasteiger partial charge in [0.05, 0.1) is 18.0 Å². The summed E-state index contributed by atoms with van der Waals surface area (Å²) in [6.45, 7) is 7.75. The van der Waals surface area contributed by atoms with Crippen molar-refractivity contribution in [3.05, 3.63) is 24.3 Å². The molecule has 0 aliphatic heterocycles. The van der Waals surface area contributed by atoms with E-state index in [1.165, 1.54) is 11.8 Å². The number of primary amides is 1. The van der Waals surface area contributed by atoms with Crippen molar-refractivity contribution >= 4 is 29.3 Å². The number of carbonyl (C=O) groups is 2. The maximum atomic E-state index is 12.4. The molecule has 3 N–H and O–H groups in total. The lowest BCUT2D eigenvalue weighted by Crippen LogP contribution is -2.39. The Morgan fingerprint density at radius 1 is 1.29 bits per heavy atom. The van der Waals surface area contributed by atoms with Gasteiger partial charge in [0.25, 0.3) is 0 Å². The first-order chi connectivity index (χ1) is 11.5. The number of anilines is 1. The molecular formula is C18H29N3O2S. The fourth-order valence-electron chi connectivity index (χ4n) is 2.29. The number of unbranched alkanes of at least 4 members (excludes halogenated alkanes) is 1. The molecule has 0 spiro atoms. The number of benzene rings is 1. The summed E-state index contributed by atoms with van der Waals surface area (Å²) >= 11 is 1.34. The van der Waals surface area contributed by atoms with E-state index in [4.69, 9.17) is 5.73 Å². The predicted octanol–water partition coefficient (Wildman–Crippen LogP) is 3.10. The number of carbonyl (C=O) groups excluding carboxylic acids is 2. The molecule has 134 valence electrons. The van der Waals surface area contributed by atoms with Crippen LogP contribution in [-0.2, 0) is 9.59 Å². The predicted molar refractivity (Wildman–Crippen MR) is 101 cm³/mol. The van der Waals surface area contributed by atoms with E-state index in [9.17, 15) is 9.59 Å². The van der Waals surface area contributed by atoms with E-state index in [1.54, 1.807) is 0 Å². The summed E-state index contributed by atoms with van der Waals surface area (Å²) in [5, 5.41) is 2.97. The Morgan fingerprint density at radius 2 is 2.00 bits per heavy atom. The number of hydrogen-bond acceptors (Lipinski definition) is 4. The summed E-state index contributed by atoms with van der Waals surface area (Å²) in [6, 6.07) is 7.86. The van der Waals surface area contributed by atoms with Gasteiger partial charge in [-0.15, -0.1) is 11.8 Å². The molecule has 24 heavy (non-hydrogen) atoms. The summed E-state index contributed by atoms with van der Waals surface area (Å²) in [5.41, 5.74) is 5.93. The van der Waals surface area contributed by atoms with Crippen LogP contribution in [0.25, 0.3) is 0 Å². The fourth-order valence-corrected chi connectivity index (χ4v) is 3.04. The van der Waals surface area contributed by atoms with Crippen LogP contribution in [0.5, 0.6) is 0 Å². The third kappa shape index (κ3) is 7.36. The van der Waals surface area contributed by atoms with Gasteiger partial charge in [0.1, 0.15) is 0 Å². The van der Waals surface area contributed by atoms with Crippen molar-refractivity contribution in [2.24, 2.45) is 5.73 Å². The van der Waals surface area contributed by atoms with Gasteiger partial charge in [-0.1, -0.05) is 32.4 Å². The molecule has 0 bridgehead atoms. The number of thioether (sulfide) groups is 1. The van der Waals surface area contributed by atoms with Gasteiger partial charge in [-0.25, -0.2) is 0 Å². The van der Waals surface area contributed by atoms with E-state index in [0.29, 0.717) is 12.6 Å². The quantitative estimate of drug-likeness (QED) is 0.601. The van der Waals surface area contributed by atoms with Gasteiger partial charge in [-0.3, -0.25) is 14.5 Å². The number of nitrogens with zero attached hydrogens (tertiary/aromatic N) is 1. The third-order valence-corrected chi connectivity index (χ3v) is 4.99. The minimum absolute atomic E-state index is 0.0291. The Morgan fingerprint density at radius 3 is 2.62 bits per heavy atom. The number of nitrogens with one attached hydrogen (secondary N) is 1. The molecule has 0 saturated carbocycles. The fraction of sp³-hybridized carbons (Fsp3) is 0.556. The highest BCUT2D eigenvalue weighted by Gasteiger charge is 2.16. The molecule has 0 heterocycles. The zero-order chi connectivity index (χ0) is 17.9. The van der Waals surface area contributed by atoms with Gasteiger partial charge < -0.3 is 11.1 Å². The van der Waals surface area contributed by atoms with E-state index in [1.807, 2.05) is 24.3 Å². The minimum Gasteiger partial charge on any atom is -0.369 e. The van der Waals surface area contributed by atoms with E-state index in [0.717, 1.165) is 36.4 Å². The van der Waals surface area contributed by atoms with Crippen LogP contribution in [0, 0.1) is 0 Å². The van der Waals surface area contributed by atoms with Gasteiger partial charge >= 0.3 is 0 Å². The van der Waals surface area contributed by atoms with Crippen molar-refractivity contribution < 1.29 is 9.59 Å². The van der Waals surface area contributed by atoms with Gasteiger partial charge in [0.15, 0.2) is 0 Å². The van der Waals surface area contributed by atoms with Crippen molar-refractivity contribution in [3.63, 3.8) is 0 Å². The van der Waals surface area contributed by atoms with Gasteiger partial charge in [-0.2, -0.15) is 0 Å². The molecule has 0 saturated heterocycles. The number of para-hydroxylation sites is 1. The topological polar surface area (TPSA) is 75.4 Å². The zero-order valence-corrected chi connectivity index (χ0v) is 15.7. The second kappa shape index (κ2) is 11.1. The number of nitrogens with two attached hydrogens (primary N) is 1. The second-order valence-corrected chi connectivity index (χ2v) is 6.90. The smallest absolute Gasteiger partial charge is 0.238 e. The molecular weight excluding hydrogens is 322 g/mol. The number of amides is 2. The third-order valence-electron chi connectivity index (χ3n) is 3.89. The van der Waals surface area contributed by atoms with Crippen LogP contribution in [-0.4, -0.2) is 41.6 Å².